The molecule has 0 aromatic rings. The van der Waals surface area contributed by atoms with Gasteiger partial charge >= 0.3 is 117 Å². The molecule has 0 fully saturated rings. The normalized spacial score (nSPS) is 0. The van der Waals surface area contributed by atoms with Gasteiger partial charge in [-0.3, -0.25) is 0 Å². The second kappa shape index (κ2) is 270. The summed E-state index contributed by atoms with van der Waals surface area (Å²) in [4.78, 5) is 0. The Bertz CT molecular complexity index is 15.6. The molecule has 0 bridgehead atoms. The maximum absolute atomic E-state index is 0. The maximum atomic E-state index is 0. The average molecular weight is 710 g/mol. The minimum atomic E-state index is 0. The van der Waals surface area contributed by atoms with Crippen molar-refractivity contribution in [1.82, 2.24) is 0 Å². The van der Waals surface area contributed by atoms with Gasteiger partial charge in [0.25, 0.3) is 0 Å². The van der Waals surface area contributed by atoms with Gasteiger partial charge in [-0.15, -0.1) is 0 Å². The van der Waals surface area contributed by atoms with Crippen molar-refractivity contribution < 1.29 is 166 Å². The van der Waals surface area contributed by atoms with Crippen LogP contribution < -0.4 is 0 Å². The molecule has 72 valence electrons. The fourth-order valence-corrected chi connectivity index (χ4v) is 0. The average Bonchev–Trinajstić information content (AvgIpc) is 0. The maximum Gasteiger partial charge on any atom is 5.00 e. The topological polar surface area (TPSA) is 256 Å². The molecule has 0 aromatic heterocycles. The van der Waals surface area contributed by atoms with Gasteiger partial charge in [0, 0.05) is 0 Å². The van der Waals surface area contributed by atoms with Crippen LogP contribution in [-0.4, -0.2) is 0 Å². The monoisotopic (exact) mass is 710 g/mol. The Morgan fingerprint density at radius 2 is 0.231 bits per heavy atom. The van der Waals surface area contributed by atoms with Crippen molar-refractivity contribution in [1.29, 1.82) is 0 Å². The van der Waals surface area contributed by atoms with Crippen LogP contribution in [0.2, 0.25) is 0 Å². The van der Waals surface area contributed by atoms with Gasteiger partial charge in [-0.05, 0) is 0 Å². The van der Waals surface area contributed by atoms with Gasteiger partial charge in [0.15, 0.2) is 0 Å². The molecule has 0 heterocycles. The molecule has 9 nitrogen and oxygen atoms in total. The summed E-state index contributed by atoms with van der Waals surface area (Å²) >= 11 is 0. The summed E-state index contributed by atoms with van der Waals surface area (Å²) in [6.07, 6.45) is 0. The molecule has 0 radical (unpaired) electrons. The predicted octanol–water partition coefficient (Wildman–Crippen LogP) is -1.07. The van der Waals surface area contributed by atoms with E-state index in [9.17, 15) is 0 Å². The van der Waals surface area contributed by atoms with Crippen LogP contribution in [0.15, 0.2) is 0 Å². The molecule has 0 unspecified atom stereocenters. The Hall–Kier alpha value is 3.46. The fraction of sp³-hybridized carbons (Fsp3) is 0. The second-order valence-corrected chi connectivity index (χ2v) is 0. The fourth-order valence-electron chi connectivity index (χ4n) is 0. The summed E-state index contributed by atoms with van der Waals surface area (Å²) in [5, 5.41) is 0. The summed E-state index contributed by atoms with van der Waals surface area (Å²) in [5.41, 5.74) is 0. The largest absolute Gasteiger partial charge is 5.00 e. The summed E-state index contributed by atoms with van der Waals surface area (Å²) in [6.45, 7) is 0. The van der Waals surface area contributed by atoms with E-state index in [1.807, 2.05) is 0 Å². The summed E-state index contributed by atoms with van der Waals surface area (Å²) in [5.74, 6) is 0. The zero-order chi connectivity index (χ0) is 0. The summed E-state index contributed by atoms with van der Waals surface area (Å²) in [7, 11) is 0. The van der Waals surface area contributed by atoms with Crippen molar-refractivity contribution in [3.63, 3.8) is 0 Å². The zero-order valence-electron chi connectivity index (χ0n) is 5.57. The van der Waals surface area contributed by atoms with Crippen LogP contribution in [0.4, 0.5) is 0 Å². The molecule has 0 aromatic carbocycles. The Kier molecular flexibility index (Phi) is 6840. The van der Waals surface area contributed by atoms with E-state index in [0.717, 1.165) is 0 Å². The molecular weight excluding hydrogens is 710 g/mol. The third-order valence-corrected chi connectivity index (χ3v) is 0. The van der Waals surface area contributed by atoms with Crippen molar-refractivity contribution in [2.75, 3.05) is 0 Å². The molecule has 13 heteroatoms. The third-order valence-electron chi connectivity index (χ3n) is 0. The van der Waals surface area contributed by atoms with Crippen molar-refractivity contribution in [3.05, 3.63) is 0 Å². The molecule has 0 saturated carbocycles. The van der Waals surface area contributed by atoms with E-state index < -0.39 is 0 Å². The quantitative estimate of drug-likeness (QED) is 0.291. The van der Waals surface area contributed by atoms with Crippen molar-refractivity contribution >= 4 is 0 Å². The van der Waals surface area contributed by atoms with E-state index in [0.29, 0.717) is 0 Å². The second-order valence-electron chi connectivity index (χ2n) is 0. The summed E-state index contributed by atoms with van der Waals surface area (Å²) < 4.78 is 0. The van der Waals surface area contributed by atoms with Gasteiger partial charge in [0.2, 0.25) is 0 Å². The molecule has 0 spiro atoms. The molecule has 13 heavy (non-hydrogen) atoms. The first-order chi connectivity index (χ1) is 0. The van der Waals surface area contributed by atoms with E-state index in [-0.39, 0.29) is 166 Å². The zero-order valence-corrected chi connectivity index (χ0v) is 16.6. The van der Waals surface area contributed by atoms with Crippen LogP contribution in [0, 0.1) is 79.9 Å². The Balaban J connectivity index is 0. The van der Waals surface area contributed by atoms with Crippen molar-refractivity contribution in [2.24, 2.45) is 0 Å². The van der Waals surface area contributed by atoms with Crippen LogP contribution in [0.1, 0.15) is 0 Å². The first-order valence-electron chi connectivity index (χ1n) is 0. The Morgan fingerprint density at radius 1 is 0.231 bits per heavy atom. The molecule has 0 atom stereocenters. The smallest absolute Gasteiger partial charge is 2.00 e. The van der Waals surface area contributed by atoms with Crippen molar-refractivity contribution in [3.8, 4) is 0 Å². The van der Waals surface area contributed by atoms with E-state index in [1.54, 1.807) is 0 Å². The third kappa shape index (κ3) is 234. The molecular formula is O9Th2V2. The SMILES string of the molecule is [O-2].[O-2].[O-2].[O-2].[O-2].[O-2].[O-2].[O-2].[O-2].[Th+4].[Th+4].[V+5].[V+5]. The van der Waals surface area contributed by atoms with E-state index in [1.165, 1.54) is 0 Å². The van der Waals surface area contributed by atoms with Crippen LogP contribution >= 0.6 is 0 Å². The number of hydrogen-bond acceptors (Lipinski definition) is 0. The van der Waals surface area contributed by atoms with E-state index in [4.69, 9.17) is 0 Å². The van der Waals surface area contributed by atoms with Crippen molar-refractivity contribution in [2.45, 2.75) is 0 Å². The standard InChI is InChI=1S/9O.2Th.2V/q9*-2;2*+4;2*+5. The van der Waals surface area contributed by atoms with E-state index >= 15 is 0 Å². The van der Waals surface area contributed by atoms with Gasteiger partial charge in [-0.25, -0.2) is 0 Å². The van der Waals surface area contributed by atoms with Crippen LogP contribution in [-0.2, 0) is 86.4 Å². The van der Waals surface area contributed by atoms with Gasteiger partial charge in [0.05, 0.1) is 0 Å². The van der Waals surface area contributed by atoms with Crippen LogP contribution in [0.3, 0.4) is 0 Å². The molecule has 0 rings (SSSR count). The van der Waals surface area contributed by atoms with Crippen LogP contribution in [0.5, 0.6) is 0 Å². The first kappa shape index (κ1) is 329. The first-order valence-corrected chi connectivity index (χ1v) is 0. The number of rotatable bonds is 0. The molecule has 0 aliphatic rings. The Morgan fingerprint density at radius 3 is 0.231 bits per heavy atom. The van der Waals surface area contributed by atoms with Crippen LogP contribution in [0.25, 0.3) is 0 Å². The summed E-state index contributed by atoms with van der Waals surface area (Å²) in [6, 6.07) is 0. The minimum Gasteiger partial charge on any atom is -2.00 e. The molecule has 0 aliphatic carbocycles. The van der Waals surface area contributed by atoms with Gasteiger partial charge in [0.1, 0.15) is 0 Å². The van der Waals surface area contributed by atoms with Gasteiger partial charge in [-0.1, -0.05) is 0 Å². The molecule has 0 aliphatic heterocycles. The molecule has 0 amide bonds. The predicted molar refractivity (Wildman–Crippen MR) is 6.18 cm³/mol. The Labute approximate surface area is 163 Å². The number of hydrogen-bond donors (Lipinski definition) is 0. The molecule has 0 saturated heterocycles. The van der Waals surface area contributed by atoms with Gasteiger partial charge < -0.3 is 49.3 Å². The molecule has 0 N–H and O–H groups in total. The van der Waals surface area contributed by atoms with E-state index in [2.05, 4.69) is 0 Å². The minimum absolute atomic E-state index is 0. The van der Waals surface area contributed by atoms with Gasteiger partial charge in [-0.2, -0.15) is 0 Å².